The van der Waals surface area contributed by atoms with Gasteiger partial charge in [0.25, 0.3) is 0 Å². The van der Waals surface area contributed by atoms with Gasteiger partial charge in [0.15, 0.2) is 0 Å². The summed E-state index contributed by atoms with van der Waals surface area (Å²) in [6.07, 6.45) is 2.53. The van der Waals surface area contributed by atoms with Gasteiger partial charge >= 0.3 is 12.0 Å². The van der Waals surface area contributed by atoms with Crippen molar-refractivity contribution in [2.24, 2.45) is 5.92 Å². The molecule has 1 unspecified atom stereocenters. The maximum absolute atomic E-state index is 11.5. The molecule has 0 aromatic rings. The second-order valence-electron chi connectivity index (χ2n) is 4.46. The summed E-state index contributed by atoms with van der Waals surface area (Å²) >= 11 is 0. The van der Waals surface area contributed by atoms with Gasteiger partial charge in [-0.15, -0.1) is 0 Å². The van der Waals surface area contributed by atoms with Crippen molar-refractivity contribution in [1.29, 1.82) is 0 Å². The van der Waals surface area contributed by atoms with Gasteiger partial charge in [0.2, 0.25) is 0 Å². The average Bonchev–Trinajstić information content (AvgIpc) is 2.27. The second-order valence-corrected chi connectivity index (χ2v) is 4.46. The molecule has 2 amide bonds. The monoisotopic (exact) mass is 244 g/mol. The van der Waals surface area contributed by atoms with Gasteiger partial charge in [-0.25, -0.2) is 9.59 Å². The number of esters is 1. The van der Waals surface area contributed by atoms with E-state index in [2.05, 4.69) is 22.3 Å². The summed E-state index contributed by atoms with van der Waals surface area (Å²) in [6, 6.07) is -0.879. The van der Waals surface area contributed by atoms with Crippen molar-refractivity contribution in [1.82, 2.24) is 10.6 Å². The number of ether oxygens (including phenoxy) is 1. The van der Waals surface area contributed by atoms with E-state index in [1.165, 1.54) is 7.11 Å². The van der Waals surface area contributed by atoms with Gasteiger partial charge in [0, 0.05) is 6.54 Å². The van der Waals surface area contributed by atoms with Gasteiger partial charge in [0.05, 0.1) is 7.11 Å². The van der Waals surface area contributed by atoms with Crippen LogP contribution in [0.15, 0.2) is 0 Å². The maximum Gasteiger partial charge on any atom is 0.328 e. The first-order chi connectivity index (χ1) is 8.01. The standard InChI is InChI=1S/C12H24N2O3/c1-5-6-7-13-12(16)14-10(8-9(2)3)11(15)17-4/h9-10H,5-8H2,1-4H3,(H2,13,14,16). The summed E-state index contributed by atoms with van der Waals surface area (Å²) in [5.41, 5.74) is 0. The summed E-state index contributed by atoms with van der Waals surface area (Å²) < 4.78 is 4.66. The van der Waals surface area contributed by atoms with Gasteiger partial charge in [-0.1, -0.05) is 27.2 Å². The molecule has 0 bridgehead atoms. The number of carbonyl (C=O) groups is 2. The van der Waals surface area contributed by atoms with E-state index in [-0.39, 0.29) is 6.03 Å². The Balaban J connectivity index is 4.13. The van der Waals surface area contributed by atoms with Crippen LogP contribution >= 0.6 is 0 Å². The third kappa shape index (κ3) is 7.60. The van der Waals surface area contributed by atoms with Crippen molar-refractivity contribution < 1.29 is 14.3 Å². The Kier molecular flexibility index (Phi) is 8.19. The van der Waals surface area contributed by atoms with Crippen molar-refractivity contribution in [3.05, 3.63) is 0 Å². The SMILES string of the molecule is CCCCNC(=O)NC(CC(C)C)C(=O)OC. The first-order valence-corrected chi connectivity index (χ1v) is 6.13. The van der Waals surface area contributed by atoms with E-state index in [1.54, 1.807) is 0 Å². The molecule has 5 nitrogen and oxygen atoms in total. The van der Waals surface area contributed by atoms with Crippen LogP contribution < -0.4 is 10.6 Å². The minimum atomic E-state index is -0.568. The number of urea groups is 1. The number of amides is 2. The molecule has 0 aliphatic heterocycles. The Labute approximate surface area is 103 Å². The zero-order valence-corrected chi connectivity index (χ0v) is 11.2. The maximum atomic E-state index is 11.5. The number of hydrogen-bond donors (Lipinski definition) is 2. The van der Waals surface area contributed by atoms with Gasteiger partial charge in [-0.05, 0) is 18.8 Å². The quantitative estimate of drug-likeness (QED) is 0.529. The highest BCUT2D eigenvalue weighted by Gasteiger charge is 2.22. The van der Waals surface area contributed by atoms with E-state index in [1.807, 2.05) is 13.8 Å². The molecule has 0 aromatic carbocycles. The topological polar surface area (TPSA) is 67.4 Å². The molecule has 0 rings (SSSR count). The molecule has 1 atom stereocenters. The molecule has 0 saturated heterocycles. The van der Waals surface area contributed by atoms with Crippen LogP contribution in [0.4, 0.5) is 4.79 Å². The Morgan fingerprint density at radius 2 is 1.94 bits per heavy atom. The molecule has 17 heavy (non-hydrogen) atoms. The minimum Gasteiger partial charge on any atom is -0.467 e. The number of carbonyl (C=O) groups excluding carboxylic acids is 2. The molecular weight excluding hydrogens is 220 g/mol. The molecule has 0 aliphatic carbocycles. The van der Waals surface area contributed by atoms with E-state index in [9.17, 15) is 9.59 Å². The van der Waals surface area contributed by atoms with E-state index in [0.717, 1.165) is 12.8 Å². The molecule has 0 spiro atoms. The van der Waals surface area contributed by atoms with Gasteiger partial charge in [0.1, 0.15) is 6.04 Å². The van der Waals surface area contributed by atoms with E-state index >= 15 is 0 Å². The lowest BCUT2D eigenvalue weighted by molar-refractivity contribution is -0.143. The second kappa shape index (κ2) is 8.84. The van der Waals surface area contributed by atoms with E-state index in [4.69, 9.17) is 0 Å². The summed E-state index contributed by atoms with van der Waals surface area (Å²) in [4.78, 5) is 22.9. The Morgan fingerprint density at radius 3 is 2.41 bits per heavy atom. The van der Waals surface area contributed by atoms with Crippen LogP contribution in [0.3, 0.4) is 0 Å². The predicted molar refractivity (Wildman–Crippen MR) is 66.7 cm³/mol. The molecule has 0 aliphatic rings. The number of hydrogen-bond acceptors (Lipinski definition) is 3. The summed E-state index contributed by atoms with van der Waals surface area (Å²) in [7, 11) is 1.33. The summed E-state index contributed by atoms with van der Waals surface area (Å²) in [5, 5.41) is 5.34. The van der Waals surface area contributed by atoms with Gasteiger partial charge in [-0.3, -0.25) is 0 Å². The van der Waals surface area contributed by atoms with Crippen molar-refractivity contribution in [2.45, 2.75) is 46.1 Å². The number of nitrogens with one attached hydrogen (secondary N) is 2. The molecule has 0 aromatic heterocycles. The fourth-order valence-electron chi connectivity index (χ4n) is 1.42. The normalized spacial score (nSPS) is 12.1. The zero-order valence-electron chi connectivity index (χ0n) is 11.2. The predicted octanol–water partition coefficient (Wildman–Crippen LogP) is 1.67. The van der Waals surface area contributed by atoms with Crippen LogP contribution in [-0.2, 0) is 9.53 Å². The van der Waals surface area contributed by atoms with Crippen molar-refractivity contribution in [2.75, 3.05) is 13.7 Å². The first kappa shape index (κ1) is 15.7. The van der Waals surface area contributed by atoms with Gasteiger partial charge in [-0.2, -0.15) is 0 Å². The van der Waals surface area contributed by atoms with Crippen LogP contribution in [0.2, 0.25) is 0 Å². The fourth-order valence-corrected chi connectivity index (χ4v) is 1.42. The number of methoxy groups -OCH3 is 1. The molecule has 0 radical (unpaired) electrons. The summed E-state index contributed by atoms with van der Waals surface area (Å²) in [5.74, 6) is -0.0839. The molecule has 2 N–H and O–H groups in total. The molecule has 0 heterocycles. The highest BCUT2D eigenvalue weighted by atomic mass is 16.5. The lowest BCUT2D eigenvalue weighted by Crippen LogP contribution is -2.47. The van der Waals surface area contributed by atoms with Crippen molar-refractivity contribution in [3.63, 3.8) is 0 Å². The minimum absolute atomic E-state index is 0.311. The molecule has 0 saturated carbocycles. The van der Waals surface area contributed by atoms with Crippen molar-refractivity contribution in [3.8, 4) is 0 Å². The Hall–Kier alpha value is -1.26. The highest BCUT2D eigenvalue weighted by Crippen LogP contribution is 2.05. The van der Waals surface area contributed by atoms with Crippen LogP contribution in [0.5, 0.6) is 0 Å². The Morgan fingerprint density at radius 1 is 1.29 bits per heavy atom. The highest BCUT2D eigenvalue weighted by molar-refractivity contribution is 5.83. The third-order valence-electron chi connectivity index (χ3n) is 2.31. The number of rotatable bonds is 7. The summed E-state index contributed by atoms with van der Waals surface area (Å²) in [6.45, 7) is 6.66. The van der Waals surface area contributed by atoms with Gasteiger partial charge < -0.3 is 15.4 Å². The van der Waals surface area contributed by atoms with Crippen molar-refractivity contribution >= 4 is 12.0 Å². The smallest absolute Gasteiger partial charge is 0.328 e. The average molecular weight is 244 g/mol. The van der Waals surface area contributed by atoms with Crippen LogP contribution in [-0.4, -0.2) is 31.7 Å². The lowest BCUT2D eigenvalue weighted by atomic mass is 10.0. The molecule has 0 fully saturated rings. The fraction of sp³-hybridized carbons (Fsp3) is 0.833. The molecule has 100 valence electrons. The first-order valence-electron chi connectivity index (χ1n) is 6.13. The third-order valence-corrected chi connectivity index (χ3v) is 2.31. The van der Waals surface area contributed by atoms with Crippen LogP contribution in [0.25, 0.3) is 0 Å². The molecule has 5 heteroatoms. The van der Waals surface area contributed by atoms with Crippen LogP contribution in [0, 0.1) is 5.92 Å². The largest absolute Gasteiger partial charge is 0.467 e. The van der Waals surface area contributed by atoms with E-state index in [0.29, 0.717) is 18.9 Å². The lowest BCUT2D eigenvalue weighted by Gasteiger charge is -2.18. The number of unbranched alkanes of at least 4 members (excludes halogenated alkanes) is 1. The van der Waals surface area contributed by atoms with E-state index < -0.39 is 12.0 Å². The molecular formula is C12H24N2O3. The zero-order chi connectivity index (χ0) is 13.3. The van der Waals surface area contributed by atoms with Crippen LogP contribution in [0.1, 0.15) is 40.0 Å². The Bertz CT molecular complexity index is 242.